The summed E-state index contributed by atoms with van der Waals surface area (Å²) in [5.74, 6) is 0. The van der Waals surface area contributed by atoms with E-state index in [1.807, 2.05) is 30.3 Å². The molecule has 1 aliphatic rings. The van der Waals surface area contributed by atoms with Crippen LogP contribution in [0.2, 0.25) is 0 Å². The maximum Gasteiger partial charge on any atom is 0.0992 e. The zero-order valence-electron chi connectivity index (χ0n) is 9.10. The van der Waals surface area contributed by atoms with Crippen LogP contribution in [0.4, 0.5) is 0 Å². The van der Waals surface area contributed by atoms with Gasteiger partial charge >= 0.3 is 0 Å². The summed E-state index contributed by atoms with van der Waals surface area (Å²) in [4.78, 5) is 2.33. The highest BCUT2D eigenvalue weighted by atomic mass is 32.2. The molecule has 2 aromatic rings. The molecule has 0 saturated heterocycles. The monoisotopic (exact) mass is 235 g/mol. The molecular formula is C15H9NS. The third-order valence-electron chi connectivity index (χ3n) is 2.87. The van der Waals surface area contributed by atoms with Crippen molar-refractivity contribution < 1.29 is 0 Å². The maximum absolute atomic E-state index is 8.92. The second kappa shape index (κ2) is 3.80. The number of nitriles is 1. The number of benzene rings is 2. The molecule has 0 aliphatic carbocycles. The Morgan fingerprint density at radius 1 is 1.00 bits per heavy atom. The quantitative estimate of drug-likeness (QED) is 0.586. The van der Waals surface area contributed by atoms with Crippen LogP contribution in [-0.4, -0.2) is 0 Å². The average Bonchev–Trinajstić information content (AvgIpc) is 2.38. The highest BCUT2D eigenvalue weighted by Gasteiger charge is 2.19. The van der Waals surface area contributed by atoms with Crippen molar-refractivity contribution in [3.05, 3.63) is 65.7 Å². The summed E-state index contributed by atoms with van der Waals surface area (Å²) in [6.07, 6.45) is 0. The van der Waals surface area contributed by atoms with Crippen LogP contribution in [0.1, 0.15) is 16.7 Å². The molecule has 0 saturated carbocycles. The van der Waals surface area contributed by atoms with Crippen molar-refractivity contribution in [3.63, 3.8) is 0 Å². The molecule has 1 aliphatic heterocycles. The Kier molecular flexibility index (Phi) is 2.28. The van der Waals surface area contributed by atoms with E-state index in [0.29, 0.717) is 5.56 Å². The molecule has 0 radical (unpaired) electrons. The first-order chi connectivity index (χ1) is 8.29. The van der Waals surface area contributed by atoms with E-state index in [9.17, 15) is 0 Å². The zero-order chi connectivity index (χ0) is 11.8. The maximum atomic E-state index is 8.92. The predicted molar refractivity (Wildman–Crippen MR) is 69.9 cm³/mol. The normalized spacial score (nSPS) is 12.5. The Hall–Kier alpha value is -1.98. The van der Waals surface area contributed by atoms with E-state index < -0.39 is 0 Å². The molecular weight excluding hydrogens is 226 g/mol. The summed E-state index contributed by atoms with van der Waals surface area (Å²) >= 11 is 1.70. The lowest BCUT2D eigenvalue weighted by atomic mass is 9.98. The van der Waals surface area contributed by atoms with Crippen LogP contribution in [0.25, 0.3) is 5.57 Å². The fourth-order valence-electron chi connectivity index (χ4n) is 1.99. The van der Waals surface area contributed by atoms with Crippen LogP contribution >= 0.6 is 11.8 Å². The summed E-state index contributed by atoms with van der Waals surface area (Å²) in [5, 5.41) is 8.92. The Morgan fingerprint density at radius 3 is 2.59 bits per heavy atom. The van der Waals surface area contributed by atoms with Gasteiger partial charge < -0.3 is 0 Å². The molecule has 3 rings (SSSR count). The molecule has 1 heterocycles. The minimum Gasteiger partial charge on any atom is -0.192 e. The zero-order valence-corrected chi connectivity index (χ0v) is 9.92. The molecule has 0 amide bonds. The van der Waals surface area contributed by atoms with Gasteiger partial charge in [0.25, 0.3) is 0 Å². The first-order valence-electron chi connectivity index (χ1n) is 5.30. The van der Waals surface area contributed by atoms with Gasteiger partial charge in [-0.05, 0) is 34.9 Å². The van der Waals surface area contributed by atoms with Crippen LogP contribution in [0, 0.1) is 11.3 Å². The summed E-state index contributed by atoms with van der Waals surface area (Å²) in [6.45, 7) is 4.16. The van der Waals surface area contributed by atoms with Gasteiger partial charge in [-0.3, -0.25) is 0 Å². The Labute approximate surface area is 104 Å². The third-order valence-corrected chi connectivity index (χ3v) is 4.00. The van der Waals surface area contributed by atoms with E-state index in [4.69, 9.17) is 5.26 Å². The number of hydrogen-bond donors (Lipinski definition) is 0. The fourth-order valence-corrected chi connectivity index (χ4v) is 3.17. The van der Waals surface area contributed by atoms with Crippen molar-refractivity contribution >= 4 is 17.3 Å². The van der Waals surface area contributed by atoms with Crippen molar-refractivity contribution in [1.29, 1.82) is 5.26 Å². The van der Waals surface area contributed by atoms with Crippen LogP contribution < -0.4 is 0 Å². The van der Waals surface area contributed by atoms with Gasteiger partial charge in [0.15, 0.2) is 0 Å². The molecule has 0 unspecified atom stereocenters. The largest absolute Gasteiger partial charge is 0.192 e. The smallest absolute Gasteiger partial charge is 0.0992 e. The van der Waals surface area contributed by atoms with E-state index in [1.165, 1.54) is 10.5 Å². The summed E-state index contributed by atoms with van der Waals surface area (Å²) in [5.41, 5.74) is 4.06. The van der Waals surface area contributed by atoms with Gasteiger partial charge in [-0.15, -0.1) is 0 Å². The van der Waals surface area contributed by atoms with Crippen molar-refractivity contribution in [2.45, 2.75) is 9.79 Å². The minimum atomic E-state index is 0.698. The molecule has 0 N–H and O–H groups in total. The molecule has 2 aromatic carbocycles. The minimum absolute atomic E-state index is 0.698. The SMILES string of the molecule is C=C1c2ccccc2Sc2cc(C#N)ccc21. The van der Waals surface area contributed by atoms with E-state index in [1.54, 1.807) is 11.8 Å². The number of fused-ring (bicyclic) bond motifs is 2. The fraction of sp³-hybridized carbons (Fsp3) is 0. The molecule has 80 valence electrons. The third kappa shape index (κ3) is 1.56. The van der Waals surface area contributed by atoms with Crippen LogP contribution in [0.5, 0.6) is 0 Å². The highest BCUT2D eigenvalue weighted by molar-refractivity contribution is 7.99. The van der Waals surface area contributed by atoms with Gasteiger partial charge in [-0.1, -0.05) is 42.6 Å². The number of rotatable bonds is 0. The molecule has 0 spiro atoms. The lowest BCUT2D eigenvalue weighted by molar-refractivity contribution is 1.28. The highest BCUT2D eigenvalue weighted by Crippen LogP contribution is 2.44. The Bertz CT molecular complexity index is 665. The van der Waals surface area contributed by atoms with Crippen molar-refractivity contribution in [3.8, 4) is 6.07 Å². The van der Waals surface area contributed by atoms with Crippen molar-refractivity contribution in [2.24, 2.45) is 0 Å². The Balaban J connectivity index is 2.20. The summed E-state index contributed by atoms with van der Waals surface area (Å²) in [7, 11) is 0. The van der Waals surface area contributed by atoms with Crippen molar-refractivity contribution in [1.82, 2.24) is 0 Å². The average molecular weight is 235 g/mol. The lowest BCUT2D eigenvalue weighted by Gasteiger charge is -2.20. The number of nitrogens with zero attached hydrogens (tertiary/aromatic N) is 1. The lowest BCUT2D eigenvalue weighted by Crippen LogP contribution is -1.98. The van der Waals surface area contributed by atoms with E-state index >= 15 is 0 Å². The summed E-state index contributed by atoms with van der Waals surface area (Å²) < 4.78 is 0. The first kappa shape index (κ1) is 10.2. The van der Waals surface area contributed by atoms with Gasteiger partial charge in [0.05, 0.1) is 11.6 Å². The van der Waals surface area contributed by atoms with Gasteiger partial charge in [-0.2, -0.15) is 5.26 Å². The van der Waals surface area contributed by atoms with E-state index in [0.717, 1.165) is 16.0 Å². The van der Waals surface area contributed by atoms with Crippen LogP contribution in [0.15, 0.2) is 58.8 Å². The number of hydrogen-bond acceptors (Lipinski definition) is 2. The second-order valence-corrected chi connectivity index (χ2v) is 4.98. The van der Waals surface area contributed by atoms with Crippen LogP contribution in [-0.2, 0) is 0 Å². The standard InChI is InChI=1S/C15H9NS/c1-10-12-4-2-3-5-14(12)17-15-8-11(9-16)6-7-13(10)15/h2-8H,1H2. The molecule has 2 heteroatoms. The Morgan fingerprint density at radius 2 is 1.76 bits per heavy atom. The van der Waals surface area contributed by atoms with Crippen molar-refractivity contribution in [2.75, 3.05) is 0 Å². The molecule has 0 atom stereocenters. The van der Waals surface area contributed by atoms with Crippen LogP contribution in [0.3, 0.4) is 0 Å². The second-order valence-electron chi connectivity index (χ2n) is 3.90. The van der Waals surface area contributed by atoms with Gasteiger partial charge in [0.2, 0.25) is 0 Å². The van der Waals surface area contributed by atoms with E-state index in [2.05, 4.69) is 24.8 Å². The molecule has 0 fully saturated rings. The van der Waals surface area contributed by atoms with Gasteiger partial charge in [0.1, 0.15) is 0 Å². The topological polar surface area (TPSA) is 23.8 Å². The summed E-state index contributed by atoms with van der Waals surface area (Å²) in [6, 6.07) is 16.2. The molecule has 17 heavy (non-hydrogen) atoms. The van der Waals surface area contributed by atoms with Gasteiger partial charge in [-0.25, -0.2) is 0 Å². The molecule has 1 nitrogen and oxygen atoms in total. The van der Waals surface area contributed by atoms with Gasteiger partial charge in [0, 0.05) is 9.79 Å². The predicted octanol–water partition coefficient (Wildman–Crippen LogP) is 4.08. The molecule has 0 bridgehead atoms. The molecule has 0 aromatic heterocycles. The van der Waals surface area contributed by atoms with E-state index in [-0.39, 0.29) is 0 Å². The first-order valence-corrected chi connectivity index (χ1v) is 6.12.